The highest BCUT2D eigenvalue weighted by atomic mass is 15.1. The van der Waals surface area contributed by atoms with Crippen LogP contribution in [-0.4, -0.2) is 13.1 Å². The molecule has 2 unspecified atom stereocenters. The number of allylic oxidation sites excluding steroid dienone is 3. The van der Waals surface area contributed by atoms with Gasteiger partial charge in [0.2, 0.25) is 0 Å². The molecule has 16 heavy (non-hydrogen) atoms. The third-order valence-corrected chi connectivity index (χ3v) is 3.32. The summed E-state index contributed by atoms with van der Waals surface area (Å²) in [5.41, 5.74) is 2.73. The van der Waals surface area contributed by atoms with Gasteiger partial charge in [-0.2, -0.15) is 0 Å². The number of para-hydroxylation sites is 1. The van der Waals surface area contributed by atoms with Crippen LogP contribution in [0.25, 0.3) is 0 Å². The van der Waals surface area contributed by atoms with Crippen LogP contribution < -0.4 is 4.90 Å². The van der Waals surface area contributed by atoms with Crippen molar-refractivity contribution < 1.29 is 0 Å². The molecule has 84 valence electrons. The van der Waals surface area contributed by atoms with E-state index in [1.54, 1.807) is 0 Å². The fourth-order valence-corrected chi connectivity index (χ4v) is 2.10. The summed E-state index contributed by atoms with van der Waals surface area (Å²) in [6.45, 7) is 4.46. The number of anilines is 1. The third kappa shape index (κ3) is 2.04. The summed E-state index contributed by atoms with van der Waals surface area (Å²) in [6, 6.07) is 9.08. The van der Waals surface area contributed by atoms with E-state index in [0.717, 1.165) is 0 Å². The molecule has 0 amide bonds. The summed E-state index contributed by atoms with van der Waals surface area (Å²) in [5, 5.41) is 0. The topological polar surface area (TPSA) is 3.24 Å². The first-order valence-electron chi connectivity index (χ1n) is 5.87. The fourth-order valence-electron chi connectivity index (χ4n) is 2.10. The van der Waals surface area contributed by atoms with Crippen molar-refractivity contribution in [2.45, 2.75) is 25.8 Å². The molecule has 0 bridgehead atoms. The van der Waals surface area contributed by atoms with Crippen LogP contribution in [0.1, 0.15) is 25.3 Å². The Morgan fingerprint density at radius 3 is 2.50 bits per heavy atom. The van der Waals surface area contributed by atoms with Gasteiger partial charge in [-0.1, -0.05) is 49.4 Å². The Morgan fingerprint density at radius 2 is 1.69 bits per heavy atom. The van der Waals surface area contributed by atoms with Crippen molar-refractivity contribution >= 4 is 5.69 Å². The van der Waals surface area contributed by atoms with E-state index in [0.29, 0.717) is 12.0 Å². The molecule has 2 atom stereocenters. The minimum Gasteiger partial charge on any atom is -0.368 e. The predicted octanol–water partition coefficient (Wildman–Crippen LogP) is 3.74. The highest BCUT2D eigenvalue weighted by Gasteiger charge is 2.14. The van der Waals surface area contributed by atoms with Crippen LogP contribution in [0.5, 0.6) is 0 Å². The number of nitrogens with zero attached hydrogens (tertiary/aromatic N) is 1. The molecule has 1 heteroatoms. The molecular weight excluding hydrogens is 194 g/mol. The Balaban J connectivity index is 2.51. The van der Waals surface area contributed by atoms with Crippen LogP contribution >= 0.6 is 0 Å². The zero-order valence-electron chi connectivity index (χ0n) is 10.2. The van der Waals surface area contributed by atoms with Crippen LogP contribution in [-0.2, 0) is 0 Å². The van der Waals surface area contributed by atoms with Crippen LogP contribution in [0.4, 0.5) is 5.69 Å². The Kier molecular flexibility index (Phi) is 3.14. The lowest BCUT2D eigenvalue weighted by Crippen LogP contribution is -2.27. The second-order valence-corrected chi connectivity index (χ2v) is 4.47. The summed E-state index contributed by atoms with van der Waals surface area (Å²) in [5.74, 6) is 0.466. The monoisotopic (exact) mass is 213 g/mol. The van der Waals surface area contributed by atoms with Crippen molar-refractivity contribution in [2.24, 2.45) is 0 Å². The van der Waals surface area contributed by atoms with Gasteiger partial charge in [0.1, 0.15) is 0 Å². The molecule has 2 rings (SSSR count). The quantitative estimate of drug-likeness (QED) is 0.634. The number of hydrogen-bond donors (Lipinski definition) is 0. The van der Waals surface area contributed by atoms with Gasteiger partial charge in [0.05, 0.1) is 0 Å². The van der Waals surface area contributed by atoms with E-state index in [9.17, 15) is 0 Å². The van der Waals surface area contributed by atoms with Crippen molar-refractivity contribution in [1.29, 1.82) is 0 Å². The van der Waals surface area contributed by atoms with Gasteiger partial charge in [-0.15, -0.1) is 0 Å². The maximum atomic E-state index is 2.33. The van der Waals surface area contributed by atoms with Crippen molar-refractivity contribution in [3.05, 3.63) is 54.1 Å². The molecule has 1 aromatic carbocycles. The molecule has 0 saturated heterocycles. The zero-order chi connectivity index (χ0) is 11.5. The largest absolute Gasteiger partial charge is 0.368 e. The highest BCUT2D eigenvalue weighted by Crippen LogP contribution is 2.29. The molecule has 0 N–H and O–H groups in total. The van der Waals surface area contributed by atoms with E-state index < -0.39 is 0 Å². The third-order valence-electron chi connectivity index (χ3n) is 3.32. The first kappa shape index (κ1) is 11.0. The predicted molar refractivity (Wildman–Crippen MR) is 71.0 cm³/mol. The molecular formula is C15H19N. The molecule has 0 aliphatic carbocycles. The Labute approximate surface area is 98.1 Å². The van der Waals surface area contributed by atoms with Crippen LogP contribution in [0.2, 0.25) is 0 Å². The lowest BCUT2D eigenvalue weighted by atomic mass is 9.98. The summed E-state index contributed by atoms with van der Waals surface area (Å²) in [4.78, 5) is 2.33. The summed E-state index contributed by atoms with van der Waals surface area (Å²) >= 11 is 0. The second kappa shape index (κ2) is 4.56. The average Bonchev–Trinajstić information content (AvgIpc) is 2.36. The van der Waals surface area contributed by atoms with E-state index in [1.165, 1.54) is 11.3 Å². The highest BCUT2D eigenvalue weighted by molar-refractivity contribution is 5.57. The maximum absolute atomic E-state index is 2.33. The summed E-state index contributed by atoms with van der Waals surface area (Å²) in [6.07, 6.45) is 8.77. The average molecular weight is 213 g/mol. The number of rotatable bonds is 0. The summed E-state index contributed by atoms with van der Waals surface area (Å²) < 4.78 is 0. The first-order chi connectivity index (χ1) is 7.70. The molecule has 1 aliphatic rings. The minimum absolute atomic E-state index is 0.427. The maximum Gasteiger partial charge on any atom is 0.0444 e. The zero-order valence-corrected chi connectivity index (χ0v) is 10.2. The standard InChI is InChI=1S/C15H19N/c1-12-8-4-5-9-13(2)16(3)15-11-7-6-10-14(12)15/h4-13H,1-3H3/b8-4-,9-5-. The lowest BCUT2D eigenvalue weighted by Gasteiger charge is -2.27. The van der Waals surface area contributed by atoms with Gasteiger partial charge < -0.3 is 4.90 Å². The van der Waals surface area contributed by atoms with Gasteiger partial charge in [-0.05, 0) is 18.6 Å². The van der Waals surface area contributed by atoms with Gasteiger partial charge >= 0.3 is 0 Å². The van der Waals surface area contributed by atoms with E-state index in [-0.39, 0.29) is 0 Å². The lowest BCUT2D eigenvalue weighted by molar-refractivity contribution is 0.811. The Morgan fingerprint density at radius 1 is 1.00 bits per heavy atom. The van der Waals surface area contributed by atoms with Crippen molar-refractivity contribution in [1.82, 2.24) is 0 Å². The second-order valence-electron chi connectivity index (χ2n) is 4.47. The van der Waals surface area contributed by atoms with Crippen LogP contribution in [0.3, 0.4) is 0 Å². The van der Waals surface area contributed by atoms with Gasteiger partial charge in [-0.3, -0.25) is 0 Å². The molecule has 0 spiro atoms. The SMILES string of the molecule is CC1/C=C\C=C/C(C)N(C)c2ccccc21. The number of likely N-dealkylation sites (N-methyl/N-ethyl adjacent to an activating group) is 1. The first-order valence-corrected chi connectivity index (χ1v) is 5.87. The van der Waals surface area contributed by atoms with E-state index in [4.69, 9.17) is 0 Å². The molecule has 0 radical (unpaired) electrons. The van der Waals surface area contributed by atoms with E-state index >= 15 is 0 Å². The van der Waals surface area contributed by atoms with Crippen LogP contribution in [0, 0.1) is 0 Å². The van der Waals surface area contributed by atoms with Crippen LogP contribution in [0.15, 0.2) is 48.6 Å². The minimum atomic E-state index is 0.427. The Hall–Kier alpha value is -1.50. The van der Waals surface area contributed by atoms with Gasteiger partial charge in [0.25, 0.3) is 0 Å². The van der Waals surface area contributed by atoms with E-state index in [1.807, 2.05) is 0 Å². The summed E-state index contributed by atoms with van der Waals surface area (Å²) in [7, 11) is 2.16. The number of fused-ring (bicyclic) bond motifs is 1. The molecule has 1 aromatic rings. The smallest absolute Gasteiger partial charge is 0.0444 e. The molecule has 0 saturated carbocycles. The molecule has 1 heterocycles. The normalized spacial score (nSPS) is 28.6. The molecule has 0 aromatic heterocycles. The number of benzene rings is 1. The fraction of sp³-hybridized carbons (Fsp3) is 0.333. The van der Waals surface area contributed by atoms with Gasteiger partial charge in [0, 0.05) is 24.7 Å². The number of hydrogen-bond acceptors (Lipinski definition) is 1. The molecule has 1 nitrogen and oxygen atoms in total. The van der Waals surface area contributed by atoms with E-state index in [2.05, 4.69) is 74.4 Å². The molecule has 0 fully saturated rings. The van der Waals surface area contributed by atoms with Crippen molar-refractivity contribution in [2.75, 3.05) is 11.9 Å². The van der Waals surface area contributed by atoms with Crippen molar-refractivity contribution in [3.63, 3.8) is 0 Å². The molecule has 1 aliphatic heterocycles. The van der Waals surface area contributed by atoms with Crippen molar-refractivity contribution in [3.8, 4) is 0 Å². The Bertz CT molecular complexity index is 417. The van der Waals surface area contributed by atoms with Gasteiger partial charge in [-0.25, -0.2) is 0 Å². The van der Waals surface area contributed by atoms with Gasteiger partial charge in [0.15, 0.2) is 0 Å².